The van der Waals surface area contributed by atoms with Crippen molar-refractivity contribution in [1.29, 1.82) is 0 Å². The molecule has 3 rings (SSSR count). The van der Waals surface area contributed by atoms with Crippen molar-refractivity contribution in [1.82, 2.24) is 5.32 Å². The van der Waals surface area contributed by atoms with Gasteiger partial charge in [-0.1, -0.05) is 30.3 Å². The molecule has 2 nitrogen and oxygen atoms in total. The minimum atomic E-state index is 0.466. The van der Waals surface area contributed by atoms with Crippen LogP contribution in [0.25, 0.3) is 0 Å². The topological polar surface area (TPSA) is 21.3 Å². The molecule has 18 heavy (non-hydrogen) atoms. The summed E-state index contributed by atoms with van der Waals surface area (Å²) in [5.41, 5.74) is 1.44. The second-order valence-corrected chi connectivity index (χ2v) is 5.77. The molecule has 2 aliphatic rings. The third-order valence-corrected chi connectivity index (χ3v) is 4.44. The van der Waals surface area contributed by atoms with Crippen molar-refractivity contribution < 1.29 is 4.74 Å². The van der Waals surface area contributed by atoms with E-state index in [1.807, 2.05) is 0 Å². The second-order valence-electron chi connectivity index (χ2n) is 5.77. The van der Waals surface area contributed by atoms with Crippen molar-refractivity contribution >= 4 is 0 Å². The van der Waals surface area contributed by atoms with Gasteiger partial charge in [0.25, 0.3) is 0 Å². The Morgan fingerprint density at radius 2 is 2.00 bits per heavy atom. The Hall–Kier alpha value is -0.860. The average molecular weight is 245 g/mol. The molecule has 98 valence electrons. The molecule has 4 unspecified atom stereocenters. The van der Waals surface area contributed by atoms with Gasteiger partial charge >= 0.3 is 0 Å². The van der Waals surface area contributed by atoms with Crippen molar-refractivity contribution in [3.05, 3.63) is 35.9 Å². The first kappa shape index (κ1) is 12.2. The second kappa shape index (κ2) is 5.41. The number of hydrogen-bond donors (Lipinski definition) is 1. The smallest absolute Gasteiger partial charge is 0.0623 e. The molecule has 4 atom stereocenters. The molecule has 0 aromatic heterocycles. The summed E-state index contributed by atoms with van der Waals surface area (Å²) in [6.07, 6.45) is 5.85. The van der Waals surface area contributed by atoms with Crippen molar-refractivity contribution in [2.45, 2.75) is 50.9 Å². The number of ether oxygens (including phenoxy) is 1. The van der Waals surface area contributed by atoms with Crippen LogP contribution in [-0.2, 0) is 11.2 Å². The number of nitrogens with one attached hydrogen (secondary N) is 1. The molecule has 0 radical (unpaired) electrons. The van der Waals surface area contributed by atoms with E-state index in [1.54, 1.807) is 0 Å². The van der Waals surface area contributed by atoms with Gasteiger partial charge in [0, 0.05) is 12.0 Å². The average Bonchev–Trinajstić information content (AvgIpc) is 2.99. The molecule has 0 spiro atoms. The van der Waals surface area contributed by atoms with Gasteiger partial charge in [0.15, 0.2) is 0 Å². The Kier molecular flexibility index (Phi) is 3.67. The molecule has 2 saturated heterocycles. The molecule has 1 aromatic rings. The van der Waals surface area contributed by atoms with Gasteiger partial charge in [-0.15, -0.1) is 0 Å². The van der Waals surface area contributed by atoms with Crippen LogP contribution in [-0.4, -0.2) is 24.8 Å². The third kappa shape index (κ3) is 2.60. The molecular formula is C16H23NO. The fourth-order valence-electron chi connectivity index (χ4n) is 3.47. The highest BCUT2D eigenvalue weighted by Crippen LogP contribution is 2.32. The van der Waals surface area contributed by atoms with E-state index in [1.165, 1.54) is 24.8 Å². The summed E-state index contributed by atoms with van der Waals surface area (Å²) in [6, 6.07) is 11.4. The lowest BCUT2D eigenvalue weighted by Gasteiger charge is -2.25. The first-order valence-electron chi connectivity index (χ1n) is 7.25. The summed E-state index contributed by atoms with van der Waals surface area (Å²) in [5, 5.41) is 3.67. The van der Waals surface area contributed by atoms with E-state index < -0.39 is 0 Å². The predicted molar refractivity (Wildman–Crippen MR) is 73.6 cm³/mol. The summed E-state index contributed by atoms with van der Waals surface area (Å²) in [6.45, 7) is 3.35. The Bertz CT molecular complexity index is 378. The van der Waals surface area contributed by atoms with Crippen LogP contribution >= 0.6 is 0 Å². The Morgan fingerprint density at radius 1 is 1.17 bits per heavy atom. The van der Waals surface area contributed by atoms with Crippen molar-refractivity contribution in [3.63, 3.8) is 0 Å². The largest absolute Gasteiger partial charge is 0.375 e. The van der Waals surface area contributed by atoms with Crippen LogP contribution in [0.2, 0.25) is 0 Å². The summed E-state index contributed by atoms with van der Waals surface area (Å²) in [4.78, 5) is 0. The zero-order chi connectivity index (χ0) is 12.4. The van der Waals surface area contributed by atoms with Gasteiger partial charge < -0.3 is 10.1 Å². The van der Waals surface area contributed by atoms with Crippen LogP contribution in [0.1, 0.15) is 31.7 Å². The molecule has 0 bridgehead atoms. The Morgan fingerprint density at radius 3 is 2.72 bits per heavy atom. The fraction of sp³-hybridized carbons (Fsp3) is 0.625. The van der Waals surface area contributed by atoms with Gasteiger partial charge in [0.1, 0.15) is 0 Å². The molecule has 0 aliphatic carbocycles. The molecule has 0 saturated carbocycles. The Balaban J connectivity index is 1.64. The van der Waals surface area contributed by atoms with Crippen LogP contribution in [0.5, 0.6) is 0 Å². The highest BCUT2D eigenvalue weighted by molar-refractivity contribution is 5.17. The zero-order valence-electron chi connectivity index (χ0n) is 11.1. The van der Waals surface area contributed by atoms with Gasteiger partial charge in [-0.05, 0) is 44.7 Å². The number of hydrogen-bond acceptors (Lipinski definition) is 2. The van der Waals surface area contributed by atoms with E-state index in [0.29, 0.717) is 24.2 Å². The van der Waals surface area contributed by atoms with E-state index in [4.69, 9.17) is 4.74 Å². The molecule has 2 fully saturated rings. The standard InChI is InChI=1S/C16H23NO/c1-12-7-8-16(18-12)14-9-10-17-15(14)11-13-5-3-2-4-6-13/h2-6,12,14-17H,7-11H2,1H3. The van der Waals surface area contributed by atoms with Gasteiger partial charge in [0.05, 0.1) is 12.2 Å². The number of rotatable bonds is 3. The van der Waals surface area contributed by atoms with E-state index >= 15 is 0 Å². The monoisotopic (exact) mass is 245 g/mol. The lowest BCUT2D eigenvalue weighted by Crippen LogP contribution is -2.35. The van der Waals surface area contributed by atoms with Crippen molar-refractivity contribution in [2.75, 3.05) is 6.54 Å². The maximum atomic E-state index is 6.07. The Labute approximate surface area is 110 Å². The maximum Gasteiger partial charge on any atom is 0.0623 e. The van der Waals surface area contributed by atoms with Crippen LogP contribution in [0.15, 0.2) is 30.3 Å². The summed E-state index contributed by atoms with van der Waals surface area (Å²) >= 11 is 0. The van der Waals surface area contributed by atoms with Crippen molar-refractivity contribution in [3.8, 4) is 0 Å². The lowest BCUT2D eigenvalue weighted by atomic mass is 9.89. The molecular weight excluding hydrogens is 222 g/mol. The zero-order valence-corrected chi connectivity index (χ0v) is 11.1. The molecule has 2 heteroatoms. The van der Waals surface area contributed by atoms with Crippen LogP contribution in [0, 0.1) is 5.92 Å². The van der Waals surface area contributed by atoms with Crippen LogP contribution in [0.4, 0.5) is 0 Å². The molecule has 1 aromatic carbocycles. The molecule has 2 heterocycles. The third-order valence-electron chi connectivity index (χ3n) is 4.44. The minimum Gasteiger partial charge on any atom is -0.375 e. The fourth-order valence-corrected chi connectivity index (χ4v) is 3.47. The maximum absolute atomic E-state index is 6.07. The highest BCUT2D eigenvalue weighted by Gasteiger charge is 2.37. The van der Waals surface area contributed by atoms with E-state index in [0.717, 1.165) is 13.0 Å². The normalized spacial score (nSPS) is 36.1. The summed E-state index contributed by atoms with van der Waals surface area (Å²) < 4.78 is 6.07. The first-order chi connectivity index (χ1) is 8.83. The van der Waals surface area contributed by atoms with Gasteiger partial charge in [0.2, 0.25) is 0 Å². The van der Waals surface area contributed by atoms with Crippen molar-refractivity contribution in [2.24, 2.45) is 5.92 Å². The molecule has 2 aliphatic heterocycles. The van der Waals surface area contributed by atoms with E-state index in [-0.39, 0.29) is 0 Å². The summed E-state index contributed by atoms with van der Waals surface area (Å²) in [7, 11) is 0. The van der Waals surface area contributed by atoms with Gasteiger partial charge in [-0.3, -0.25) is 0 Å². The first-order valence-corrected chi connectivity index (χ1v) is 7.25. The highest BCUT2D eigenvalue weighted by atomic mass is 16.5. The van der Waals surface area contributed by atoms with Crippen LogP contribution < -0.4 is 5.32 Å². The van der Waals surface area contributed by atoms with Gasteiger partial charge in [-0.2, -0.15) is 0 Å². The van der Waals surface area contributed by atoms with E-state index in [9.17, 15) is 0 Å². The quantitative estimate of drug-likeness (QED) is 0.884. The number of benzene rings is 1. The SMILES string of the molecule is CC1CCC(C2CCNC2Cc2ccccc2)O1. The minimum absolute atomic E-state index is 0.466. The lowest BCUT2D eigenvalue weighted by molar-refractivity contribution is 0.0158. The summed E-state index contributed by atoms with van der Waals surface area (Å²) in [5.74, 6) is 0.704. The molecule has 1 N–H and O–H groups in total. The van der Waals surface area contributed by atoms with Gasteiger partial charge in [-0.25, -0.2) is 0 Å². The molecule has 0 amide bonds. The van der Waals surface area contributed by atoms with E-state index in [2.05, 4.69) is 42.6 Å². The predicted octanol–water partition coefficient (Wildman–Crippen LogP) is 2.77. The van der Waals surface area contributed by atoms with Crippen LogP contribution in [0.3, 0.4) is 0 Å².